The zero-order chi connectivity index (χ0) is 19.5. The van der Waals surface area contributed by atoms with Gasteiger partial charge in [0, 0.05) is 12.6 Å². The number of nitrogens with zero attached hydrogens (tertiary/aromatic N) is 4. The second-order valence-electron chi connectivity index (χ2n) is 7.31. The number of aromatic nitrogens is 3. The molecule has 0 saturated carbocycles. The molecule has 1 atom stereocenters. The summed E-state index contributed by atoms with van der Waals surface area (Å²) in [5.74, 6) is 0.962. The molecule has 146 valence electrons. The Hall–Kier alpha value is -2.93. The summed E-state index contributed by atoms with van der Waals surface area (Å²) >= 11 is 0. The van der Waals surface area contributed by atoms with Crippen LogP contribution in [0.5, 0.6) is 0 Å². The van der Waals surface area contributed by atoms with Crippen molar-refractivity contribution in [3.05, 3.63) is 54.0 Å². The normalized spacial score (nSPS) is 17.1. The lowest BCUT2D eigenvalue weighted by molar-refractivity contribution is 0.0940. The molecule has 3 aromatic rings. The monoisotopic (exact) mass is 379 g/mol. The van der Waals surface area contributed by atoms with Crippen LogP contribution in [0.4, 0.5) is 0 Å². The summed E-state index contributed by atoms with van der Waals surface area (Å²) in [6, 6.07) is 12.1. The van der Waals surface area contributed by atoms with Crippen LogP contribution in [0, 0.1) is 6.92 Å². The first-order valence-electron chi connectivity index (χ1n) is 9.68. The molecule has 1 saturated heterocycles. The molecule has 2 aromatic heterocycles. The number of furan rings is 1. The van der Waals surface area contributed by atoms with Gasteiger partial charge in [-0.05, 0) is 69.6 Å². The van der Waals surface area contributed by atoms with Gasteiger partial charge in [0.15, 0.2) is 11.6 Å². The Morgan fingerprint density at radius 1 is 1.32 bits per heavy atom. The first kappa shape index (κ1) is 18.4. The Balaban J connectivity index is 1.54. The van der Waals surface area contributed by atoms with Gasteiger partial charge in [0.2, 0.25) is 5.82 Å². The van der Waals surface area contributed by atoms with Crippen molar-refractivity contribution < 1.29 is 9.21 Å². The minimum atomic E-state index is -0.264. The van der Waals surface area contributed by atoms with Crippen LogP contribution in [0.1, 0.15) is 35.4 Å². The lowest BCUT2D eigenvalue weighted by atomic mass is 10.1. The van der Waals surface area contributed by atoms with Crippen LogP contribution in [0.3, 0.4) is 0 Å². The SMILES string of the molecule is Cc1cccc(-n2nc(C(=O)NCCC3CCCN3C)nc2-c2ccco2)c1. The smallest absolute Gasteiger partial charge is 0.290 e. The fourth-order valence-corrected chi connectivity index (χ4v) is 3.69. The Kier molecular flexibility index (Phi) is 5.25. The summed E-state index contributed by atoms with van der Waals surface area (Å²) in [4.78, 5) is 19.5. The predicted molar refractivity (Wildman–Crippen MR) is 106 cm³/mol. The highest BCUT2D eigenvalue weighted by Crippen LogP contribution is 2.22. The first-order chi connectivity index (χ1) is 13.6. The van der Waals surface area contributed by atoms with Crippen molar-refractivity contribution in [2.75, 3.05) is 20.1 Å². The van der Waals surface area contributed by atoms with Crippen molar-refractivity contribution >= 4 is 5.91 Å². The van der Waals surface area contributed by atoms with E-state index >= 15 is 0 Å². The van der Waals surface area contributed by atoms with E-state index in [2.05, 4.69) is 27.3 Å². The third-order valence-electron chi connectivity index (χ3n) is 5.23. The molecule has 1 aromatic carbocycles. The largest absolute Gasteiger partial charge is 0.461 e. The second-order valence-corrected chi connectivity index (χ2v) is 7.31. The number of nitrogens with one attached hydrogen (secondary N) is 1. The molecule has 1 aliphatic rings. The molecule has 0 aliphatic carbocycles. The maximum Gasteiger partial charge on any atom is 0.290 e. The standard InChI is InChI=1S/C21H25N5O2/c1-15-6-3-7-17(14-15)26-20(18-9-5-13-28-18)23-19(24-26)21(27)22-11-10-16-8-4-12-25(16)2/h3,5-7,9,13-14,16H,4,8,10-12H2,1-2H3,(H,22,27). The number of carbonyl (C=O) groups excluding carboxylic acids is 1. The predicted octanol–water partition coefficient (Wildman–Crippen LogP) is 3.05. The van der Waals surface area contributed by atoms with E-state index in [0.29, 0.717) is 24.2 Å². The van der Waals surface area contributed by atoms with E-state index in [1.807, 2.05) is 37.3 Å². The fourth-order valence-electron chi connectivity index (χ4n) is 3.69. The van der Waals surface area contributed by atoms with E-state index in [1.54, 1.807) is 17.0 Å². The van der Waals surface area contributed by atoms with Crippen LogP contribution in [-0.2, 0) is 0 Å². The number of carbonyl (C=O) groups is 1. The molecule has 1 fully saturated rings. The van der Waals surface area contributed by atoms with Crippen molar-refractivity contribution in [3.8, 4) is 17.3 Å². The molecule has 1 unspecified atom stereocenters. The van der Waals surface area contributed by atoms with Gasteiger partial charge in [0.1, 0.15) is 0 Å². The summed E-state index contributed by atoms with van der Waals surface area (Å²) in [5.41, 5.74) is 1.94. The molecule has 0 spiro atoms. The molecule has 28 heavy (non-hydrogen) atoms. The van der Waals surface area contributed by atoms with Crippen LogP contribution >= 0.6 is 0 Å². The van der Waals surface area contributed by atoms with Crippen molar-refractivity contribution in [2.24, 2.45) is 0 Å². The molecule has 4 rings (SSSR count). The third kappa shape index (κ3) is 3.84. The van der Waals surface area contributed by atoms with Gasteiger partial charge in [0.25, 0.3) is 5.91 Å². The Morgan fingerprint density at radius 3 is 2.93 bits per heavy atom. The topological polar surface area (TPSA) is 76.2 Å². The highest BCUT2D eigenvalue weighted by Gasteiger charge is 2.22. The van der Waals surface area contributed by atoms with Crippen LogP contribution in [0.2, 0.25) is 0 Å². The number of benzene rings is 1. The first-order valence-corrected chi connectivity index (χ1v) is 9.68. The van der Waals surface area contributed by atoms with Crippen molar-refractivity contribution in [1.29, 1.82) is 0 Å². The maximum absolute atomic E-state index is 12.6. The summed E-state index contributed by atoms with van der Waals surface area (Å²) in [5, 5.41) is 7.43. The molecule has 1 N–H and O–H groups in total. The van der Waals surface area contributed by atoms with E-state index in [9.17, 15) is 4.79 Å². The molecule has 1 aliphatic heterocycles. The quantitative estimate of drug-likeness (QED) is 0.712. The minimum Gasteiger partial charge on any atom is -0.461 e. The molecule has 7 heteroatoms. The number of hydrogen-bond acceptors (Lipinski definition) is 5. The van der Waals surface area contributed by atoms with E-state index in [-0.39, 0.29) is 11.7 Å². The zero-order valence-corrected chi connectivity index (χ0v) is 16.3. The second kappa shape index (κ2) is 7.98. The highest BCUT2D eigenvalue weighted by molar-refractivity contribution is 5.90. The average molecular weight is 379 g/mol. The molecule has 1 amide bonds. The summed E-state index contributed by atoms with van der Waals surface area (Å²) in [7, 11) is 2.14. The average Bonchev–Trinajstić information content (AvgIpc) is 3.42. The number of amides is 1. The van der Waals surface area contributed by atoms with Gasteiger partial charge in [-0.1, -0.05) is 12.1 Å². The summed E-state index contributed by atoms with van der Waals surface area (Å²) < 4.78 is 7.16. The van der Waals surface area contributed by atoms with Gasteiger partial charge in [-0.2, -0.15) is 4.98 Å². The maximum atomic E-state index is 12.6. The number of likely N-dealkylation sites (tertiary alicyclic amines) is 1. The number of rotatable bonds is 6. The van der Waals surface area contributed by atoms with Crippen LogP contribution in [-0.4, -0.2) is 51.8 Å². The highest BCUT2D eigenvalue weighted by atomic mass is 16.3. The van der Waals surface area contributed by atoms with Gasteiger partial charge in [0.05, 0.1) is 12.0 Å². The van der Waals surface area contributed by atoms with Gasteiger partial charge in [-0.15, -0.1) is 5.10 Å². The van der Waals surface area contributed by atoms with Crippen LogP contribution in [0.15, 0.2) is 47.1 Å². The Labute approximate surface area is 164 Å². The van der Waals surface area contributed by atoms with Gasteiger partial charge >= 0.3 is 0 Å². The van der Waals surface area contributed by atoms with E-state index in [1.165, 1.54) is 12.8 Å². The molecule has 3 heterocycles. The van der Waals surface area contributed by atoms with E-state index in [0.717, 1.165) is 24.2 Å². The molecular formula is C21H25N5O2. The van der Waals surface area contributed by atoms with Gasteiger partial charge in [-0.25, -0.2) is 4.68 Å². The van der Waals surface area contributed by atoms with Crippen molar-refractivity contribution in [1.82, 2.24) is 25.0 Å². The molecule has 0 bridgehead atoms. The van der Waals surface area contributed by atoms with Crippen LogP contribution in [0.25, 0.3) is 17.3 Å². The molecular weight excluding hydrogens is 354 g/mol. The van der Waals surface area contributed by atoms with Crippen molar-refractivity contribution in [2.45, 2.75) is 32.2 Å². The number of hydrogen-bond donors (Lipinski definition) is 1. The Bertz CT molecular complexity index is 948. The number of aryl methyl sites for hydroxylation is 1. The summed E-state index contributed by atoms with van der Waals surface area (Å²) in [6.07, 6.45) is 4.94. The lowest BCUT2D eigenvalue weighted by Gasteiger charge is -2.18. The lowest BCUT2D eigenvalue weighted by Crippen LogP contribution is -2.32. The van der Waals surface area contributed by atoms with Gasteiger partial charge in [-0.3, -0.25) is 4.79 Å². The van der Waals surface area contributed by atoms with Crippen molar-refractivity contribution in [3.63, 3.8) is 0 Å². The van der Waals surface area contributed by atoms with E-state index in [4.69, 9.17) is 4.42 Å². The molecule has 0 radical (unpaired) electrons. The third-order valence-corrected chi connectivity index (χ3v) is 5.23. The fraction of sp³-hybridized carbons (Fsp3) is 0.381. The van der Waals surface area contributed by atoms with Gasteiger partial charge < -0.3 is 14.6 Å². The zero-order valence-electron chi connectivity index (χ0n) is 16.3. The van der Waals surface area contributed by atoms with E-state index < -0.39 is 0 Å². The minimum absolute atomic E-state index is 0.146. The Morgan fingerprint density at radius 2 is 2.21 bits per heavy atom. The van der Waals surface area contributed by atoms with Crippen LogP contribution < -0.4 is 5.32 Å². The molecule has 7 nitrogen and oxygen atoms in total. The summed E-state index contributed by atoms with van der Waals surface area (Å²) in [6.45, 7) is 3.76.